The van der Waals surface area contributed by atoms with Crippen LogP contribution in [-0.4, -0.2) is 9.61 Å². The van der Waals surface area contributed by atoms with Crippen LogP contribution in [0.25, 0.3) is 5.52 Å². The highest BCUT2D eigenvalue weighted by molar-refractivity contribution is 5.50. The molecule has 13 heavy (non-hydrogen) atoms. The Labute approximate surface area is 78.2 Å². The summed E-state index contributed by atoms with van der Waals surface area (Å²) in [6, 6.07) is 6.42. The predicted octanol–water partition coefficient (Wildman–Crippen LogP) is 2.77. The van der Waals surface area contributed by atoms with Crippen molar-refractivity contribution in [3.8, 4) is 0 Å². The molecule has 0 atom stereocenters. The predicted molar refractivity (Wildman–Crippen MR) is 54.0 cm³/mol. The fourth-order valence-corrected chi connectivity index (χ4v) is 1.56. The SMILES string of the molecule is Cc1cnn2c(C(C)C)ccc2c1. The highest BCUT2D eigenvalue weighted by Crippen LogP contribution is 2.17. The molecule has 0 N–H and O–H groups in total. The molecule has 2 heteroatoms. The summed E-state index contributed by atoms with van der Waals surface area (Å²) < 4.78 is 2.01. The second-order valence-electron chi connectivity index (χ2n) is 3.78. The van der Waals surface area contributed by atoms with Gasteiger partial charge in [-0.3, -0.25) is 0 Å². The first-order valence-electron chi connectivity index (χ1n) is 4.63. The second kappa shape index (κ2) is 2.87. The Morgan fingerprint density at radius 2 is 2.08 bits per heavy atom. The van der Waals surface area contributed by atoms with Crippen molar-refractivity contribution in [3.63, 3.8) is 0 Å². The van der Waals surface area contributed by atoms with Crippen molar-refractivity contribution in [1.82, 2.24) is 9.61 Å². The summed E-state index contributed by atoms with van der Waals surface area (Å²) in [7, 11) is 0. The highest BCUT2D eigenvalue weighted by atomic mass is 15.2. The molecule has 0 radical (unpaired) electrons. The largest absolute Gasteiger partial charge is 0.238 e. The molecular formula is C11H14N2. The average Bonchev–Trinajstić information content (AvgIpc) is 2.46. The summed E-state index contributed by atoms with van der Waals surface area (Å²) in [6.07, 6.45) is 1.90. The van der Waals surface area contributed by atoms with Gasteiger partial charge in [0.05, 0.1) is 11.7 Å². The van der Waals surface area contributed by atoms with Crippen molar-refractivity contribution >= 4 is 5.52 Å². The summed E-state index contributed by atoms with van der Waals surface area (Å²) in [5.41, 5.74) is 3.67. The molecule has 2 heterocycles. The van der Waals surface area contributed by atoms with Gasteiger partial charge in [0.1, 0.15) is 0 Å². The van der Waals surface area contributed by atoms with Gasteiger partial charge < -0.3 is 0 Å². The molecular weight excluding hydrogens is 160 g/mol. The van der Waals surface area contributed by atoms with E-state index in [1.54, 1.807) is 0 Å². The third kappa shape index (κ3) is 1.32. The zero-order valence-corrected chi connectivity index (χ0v) is 8.28. The van der Waals surface area contributed by atoms with Crippen LogP contribution in [0.1, 0.15) is 31.0 Å². The van der Waals surface area contributed by atoms with E-state index in [0.717, 1.165) is 0 Å². The third-order valence-electron chi connectivity index (χ3n) is 2.26. The maximum Gasteiger partial charge on any atom is 0.0652 e. The Morgan fingerprint density at radius 3 is 2.77 bits per heavy atom. The van der Waals surface area contributed by atoms with Crippen LogP contribution >= 0.6 is 0 Å². The summed E-state index contributed by atoms with van der Waals surface area (Å²) in [5, 5.41) is 4.38. The monoisotopic (exact) mass is 174 g/mol. The van der Waals surface area contributed by atoms with Crippen LogP contribution < -0.4 is 0 Å². The zero-order chi connectivity index (χ0) is 9.42. The van der Waals surface area contributed by atoms with Crippen molar-refractivity contribution in [1.29, 1.82) is 0 Å². The van der Waals surface area contributed by atoms with Crippen molar-refractivity contribution in [3.05, 3.63) is 35.7 Å². The quantitative estimate of drug-likeness (QED) is 0.649. The molecule has 2 rings (SSSR count). The van der Waals surface area contributed by atoms with Gasteiger partial charge in [-0.1, -0.05) is 13.8 Å². The van der Waals surface area contributed by atoms with Crippen LogP contribution in [0.3, 0.4) is 0 Å². The minimum absolute atomic E-state index is 0.526. The molecule has 2 nitrogen and oxygen atoms in total. The number of hydrogen-bond acceptors (Lipinski definition) is 1. The third-order valence-corrected chi connectivity index (χ3v) is 2.26. The maximum atomic E-state index is 4.38. The fourth-order valence-electron chi connectivity index (χ4n) is 1.56. The minimum Gasteiger partial charge on any atom is -0.238 e. The molecule has 0 saturated heterocycles. The van der Waals surface area contributed by atoms with E-state index in [1.807, 2.05) is 10.7 Å². The van der Waals surface area contributed by atoms with Gasteiger partial charge >= 0.3 is 0 Å². The molecule has 0 aromatic carbocycles. The number of aryl methyl sites for hydroxylation is 1. The van der Waals surface area contributed by atoms with E-state index in [4.69, 9.17) is 0 Å². The zero-order valence-electron chi connectivity index (χ0n) is 8.28. The van der Waals surface area contributed by atoms with Gasteiger partial charge in [-0.15, -0.1) is 0 Å². The van der Waals surface area contributed by atoms with Crippen LogP contribution in [0.2, 0.25) is 0 Å². The number of hydrogen-bond donors (Lipinski definition) is 0. The van der Waals surface area contributed by atoms with Crippen molar-refractivity contribution in [2.24, 2.45) is 0 Å². The Bertz CT molecular complexity index is 427. The molecule has 0 aliphatic carbocycles. The van der Waals surface area contributed by atoms with Gasteiger partial charge in [-0.2, -0.15) is 5.10 Å². The molecule has 2 aromatic rings. The van der Waals surface area contributed by atoms with E-state index >= 15 is 0 Å². The summed E-state index contributed by atoms with van der Waals surface area (Å²) >= 11 is 0. The van der Waals surface area contributed by atoms with Gasteiger partial charge in [-0.25, -0.2) is 4.52 Å². The molecule has 0 fully saturated rings. The van der Waals surface area contributed by atoms with Crippen molar-refractivity contribution in [2.45, 2.75) is 26.7 Å². The summed E-state index contributed by atoms with van der Waals surface area (Å²) in [5.74, 6) is 0.526. The van der Waals surface area contributed by atoms with E-state index in [2.05, 4.69) is 44.1 Å². The van der Waals surface area contributed by atoms with E-state index < -0.39 is 0 Å². The van der Waals surface area contributed by atoms with E-state index in [9.17, 15) is 0 Å². The van der Waals surface area contributed by atoms with Crippen LogP contribution in [0, 0.1) is 6.92 Å². The van der Waals surface area contributed by atoms with Crippen molar-refractivity contribution < 1.29 is 0 Å². The topological polar surface area (TPSA) is 17.3 Å². The first kappa shape index (κ1) is 8.30. The van der Waals surface area contributed by atoms with E-state index in [1.165, 1.54) is 16.8 Å². The second-order valence-corrected chi connectivity index (χ2v) is 3.78. The smallest absolute Gasteiger partial charge is 0.0652 e. The van der Waals surface area contributed by atoms with Crippen LogP contribution in [-0.2, 0) is 0 Å². The molecule has 0 bridgehead atoms. The normalized spacial score (nSPS) is 11.4. The number of fused-ring (bicyclic) bond motifs is 1. The molecule has 0 saturated carbocycles. The van der Waals surface area contributed by atoms with Gasteiger partial charge in [0.2, 0.25) is 0 Å². The van der Waals surface area contributed by atoms with Crippen LogP contribution in [0.5, 0.6) is 0 Å². The van der Waals surface area contributed by atoms with Crippen LogP contribution in [0.4, 0.5) is 0 Å². The van der Waals surface area contributed by atoms with E-state index in [-0.39, 0.29) is 0 Å². The average molecular weight is 174 g/mol. The molecule has 0 aliphatic heterocycles. The lowest BCUT2D eigenvalue weighted by Gasteiger charge is -2.04. The van der Waals surface area contributed by atoms with Crippen LogP contribution in [0.15, 0.2) is 24.4 Å². The lowest BCUT2D eigenvalue weighted by atomic mass is 10.1. The van der Waals surface area contributed by atoms with Gasteiger partial charge in [0.25, 0.3) is 0 Å². The summed E-state index contributed by atoms with van der Waals surface area (Å²) in [6.45, 7) is 6.43. The Kier molecular flexibility index (Phi) is 1.83. The molecule has 0 unspecified atom stereocenters. The molecule has 0 aliphatic rings. The standard InChI is InChI=1S/C11H14N2/c1-8(2)11-5-4-10-6-9(3)7-12-13(10)11/h4-8H,1-3H3. The Hall–Kier alpha value is -1.31. The van der Waals surface area contributed by atoms with Crippen molar-refractivity contribution in [2.75, 3.05) is 0 Å². The molecule has 0 spiro atoms. The number of rotatable bonds is 1. The first-order chi connectivity index (χ1) is 6.18. The fraction of sp³-hybridized carbons (Fsp3) is 0.364. The Morgan fingerprint density at radius 1 is 1.31 bits per heavy atom. The Balaban J connectivity index is 2.69. The maximum absolute atomic E-state index is 4.38. The van der Waals surface area contributed by atoms with Gasteiger partial charge in [0.15, 0.2) is 0 Å². The van der Waals surface area contributed by atoms with E-state index in [0.29, 0.717) is 5.92 Å². The highest BCUT2D eigenvalue weighted by Gasteiger charge is 2.05. The van der Waals surface area contributed by atoms with Gasteiger partial charge in [0, 0.05) is 5.69 Å². The molecule has 0 amide bonds. The molecule has 68 valence electrons. The first-order valence-corrected chi connectivity index (χ1v) is 4.63. The van der Waals surface area contributed by atoms with Gasteiger partial charge in [-0.05, 0) is 36.6 Å². The number of aromatic nitrogens is 2. The number of nitrogens with zero attached hydrogens (tertiary/aromatic N) is 2. The lowest BCUT2D eigenvalue weighted by molar-refractivity contribution is 0.757. The lowest BCUT2D eigenvalue weighted by Crippen LogP contribution is -1.98. The summed E-state index contributed by atoms with van der Waals surface area (Å²) in [4.78, 5) is 0. The molecule has 2 aromatic heterocycles. The minimum atomic E-state index is 0.526.